The fourth-order valence-corrected chi connectivity index (χ4v) is 1.53. The molecular weight excluding hydrogens is 278 g/mol. The molecule has 0 saturated carbocycles. The number of para-hydroxylation sites is 1. The van der Waals surface area contributed by atoms with Crippen molar-refractivity contribution in [1.82, 2.24) is 0 Å². The highest BCUT2D eigenvalue weighted by Gasteiger charge is 2.19. The number of esters is 1. The summed E-state index contributed by atoms with van der Waals surface area (Å²) in [6.45, 7) is 1.39. The number of nitro benzene ring substituents is 1. The average Bonchev–Trinajstić information content (AvgIpc) is 2.44. The molecule has 7 nitrogen and oxygen atoms in total. The highest BCUT2D eigenvalue weighted by atomic mass is 16.6. The maximum Gasteiger partial charge on any atom is 0.341 e. The fourth-order valence-electron chi connectivity index (χ4n) is 1.53. The maximum absolute atomic E-state index is 11.8. The lowest BCUT2D eigenvalue weighted by Crippen LogP contribution is -2.16. The van der Waals surface area contributed by atoms with Crippen LogP contribution >= 0.6 is 0 Å². The summed E-state index contributed by atoms with van der Waals surface area (Å²) >= 11 is 0. The van der Waals surface area contributed by atoms with E-state index in [1.165, 1.54) is 32.2 Å². The van der Waals surface area contributed by atoms with Gasteiger partial charge < -0.3 is 9.47 Å². The molecule has 0 spiro atoms. The topological polar surface area (TPSA) is 95.7 Å². The number of benzene rings is 1. The molecule has 0 aromatic heterocycles. The fraction of sp³-hybridized carbons (Fsp3) is 0.286. The van der Waals surface area contributed by atoms with Crippen molar-refractivity contribution in [3.63, 3.8) is 0 Å². The second-order valence-electron chi connectivity index (χ2n) is 4.06. The van der Waals surface area contributed by atoms with E-state index in [1.807, 2.05) is 0 Å². The zero-order chi connectivity index (χ0) is 15.8. The van der Waals surface area contributed by atoms with Gasteiger partial charge in [-0.05, 0) is 19.1 Å². The molecule has 0 unspecified atom stereocenters. The van der Waals surface area contributed by atoms with Crippen LogP contribution in [0, 0.1) is 10.1 Å². The molecule has 0 aliphatic rings. The molecular formula is C14H15NO6. The summed E-state index contributed by atoms with van der Waals surface area (Å²) in [5.41, 5.74) is -0.280. The summed E-state index contributed by atoms with van der Waals surface area (Å²) in [6, 6.07) is 5.82. The van der Waals surface area contributed by atoms with Crippen LogP contribution in [0.1, 0.15) is 12.5 Å². The number of carbonyl (C=O) groups excluding carboxylic acids is 2. The van der Waals surface area contributed by atoms with Crippen LogP contribution in [0.5, 0.6) is 0 Å². The zero-order valence-corrected chi connectivity index (χ0v) is 11.7. The first-order valence-corrected chi connectivity index (χ1v) is 6.09. The summed E-state index contributed by atoms with van der Waals surface area (Å²) < 4.78 is 9.59. The van der Waals surface area contributed by atoms with E-state index in [0.29, 0.717) is 0 Å². The monoisotopic (exact) mass is 293 g/mol. The highest BCUT2D eigenvalue weighted by molar-refractivity contribution is 6.20. The number of ketones is 1. The average molecular weight is 293 g/mol. The third kappa shape index (κ3) is 4.81. The van der Waals surface area contributed by atoms with Crippen LogP contribution in [0.3, 0.4) is 0 Å². The Hall–Kier alpha value is -2.54. The number of carbonyl (C=O) groups is 2. The summed E-state index contributed by atoms with van der Waals surface area (Å²) in [5, 5.41) is 10.9. The number of hydrogen-bond acceptors (Lipinski definition) is 6. The number of nitrogens with zero attached hydrogens (tertiary/aromatic N) is 1. The first-order valence-electron chi connectivity index (χ1n) is 6.09. The van der Waals surface area contributed by atoms with Crippen LogP contribution in [0.4, 0.5) is 5.69 Å². The zero-order valence-electron chi connectivity index (χ0n) is 11.7. The van der Waals surface area contributed by atoms with E-state index in [-0.39, 0.29) is 30.0 Å². The lowest BCUT2D eigenvalue weighted by atomic mass is 10.1. The molecule has 0 N–H and O–H groups in total. The molecule has 7 heteroatoms. The Balaban J connectivity index is 3.08. The minimum absolute atomic E-state index is 0.00314. The normalized spacial score (nSPS) is 11.0. The van der Waals surface area contributed by atoms with Gasteiger partial charge >= 0.3 is 5.97 Å². The Bertz CT molecular complexity index is 579. The van der Waals surface area contributed by atoms with E-state index in [2.05, 4.69) is 0 Å². The highest BCUT2D eigenvalue weighted by Crippen LogP contribution is 2.21. The smallest absolute Gasteiger partial charge is 0.341 e. The largest absolute Gasteiger partial charge is 0.460 e. The van der Waals surface area contributed by atoms with Crippen molar-refractivity contribution in [3.8, 4) is 0 Å². The van der Waals surface area contributed by atoms with E-state index < -0.39 is 16.7 Å². The van der Waals surface area contributed by atoms with Gasteiger partial charge in [-0.2, -0.15) is 0 Å². The van der Waals surface area contributed by atoms with Gasteiger partial charge in [0.05, 0.1) is 17.1 Å². The molecule has 0 bridgehead atoms. The van der Waals surface area contributed by atoms with Gasteiger partial charge in [-0.3, -0.25) is 14.9 Å². The van der Waals surface area contributed by atoms with Crippen molar-refractivity contribution in [3.05, 3.63) is 45.5 Å². The second-order valence-corrected chi connectivity index (χ2v) is 4.06. The molecule has 0 saturated heterocycles. The van der Waals surface area contributed by atoms with E-state index in [9.17, 15) is 19.7 Å². The van der Waals surface area contributed by atoms with E-state index in [0.717, 1.165) is 6.08 Å². The lowest BCUT2D eigenvalue weighted by molar-refractivity contribution is -0.385. The number of methoxy groups -OCH3 is 1. The van der Waals surface area contributed by atoms with Gasteiger partial charge in [-0.1, -0.05) is 12.1 Å². The van der Waals surface area contributed by atoms with E-state index in [1.54, 1.807) is 6.07 Å². The minimum atomic E-state index is -0.835. The van der Waals surface area contributed by atoms with Crippen LogP contribution in [0.15, 0.2) is 29.8 Å². The molecule has 0 fully saturated rings. The first kappa shape index (κ1) is 16.5. The van der Waals surface area contributed by atoms with E-state index >= 15 is 0 Å². The summed E-state index contributed by atoms with van der Waals surface area (Å²) in [7, 11) is 1.45. The van der Waals surface area contributed by atoms with Gasteiger partial charge in [0, 0.05) is 13.2 Å². The number of hydrogen-bond donors (Lipinski definition) is 0. The van der Waals surface area contributed by atoms with Crippen molar-refractivity contribution < 1.29 is 24.0 Å². The van der Waals surface area contributed by atoms with Crippen molar-refractivity contribution in [2.45, 2.75) is 6.92 Å². The van der Waals surface area contributed by atoms with Gasteiger partial charge in [0.2, 0.25) is 0 Å². The van der Waals surface area contributed by atoms with Gasteiger partial charge in [-0.15, -0.1) is 0 Å². The van der Waals surface area contributed by atoms with Crippen molar-refractivity contribution >= 4 is 23.5 Å². The molecule has 1 aromatic rings. The second kappa shape index (κ2) is 7.91. The molecule has 0 atom stereocenters. The Morgan fingerprint density at radius 3 is 2.52 bits per heavy atom. The Morgan fingerprint density at radius 1 is 1.29 bits per heavy atom. The van der Waals surface area contributed by atoms with Crippen LogP contribution in [-0.4, -0.2) is 37.0 Å². The Kier molecular flexibility index (Phi) is 6.22. The maximum atomic E-state index is 11.8. The molecule has 0 aliphatic heterocycles. The predicted octanol–water partition coefficient (Wildman–Crippen LogP) is 1.76. The van der Waals surface area contributed by atoms with E-state index in [4.69, 9.17) is 9.47 Å². The SMILES string of the molecule is COCCOC(=O)C(=Cc1ccccc1[N+](=O)[O-])C(C)=O. The first-order chi connectivity index (χ1) is 9.97. The third-order valence-electron chi connectivity index (χ3n) is 2.55. The van der Waals surface area contributed by atoms with Crippen LogP contribution in [0.25, 0.3) is 6.08 Å². The predicted molar refractivity (Wildman–Crippen MR) is 74.6 cm³/mol. The number of nitro groups is 1. The minimum Gasteiger partial charge on any atom is -0.460 e. The molecule has 1 aromatic carbocycles. The van der Waals surface area contributed by atoms with Crippen molar-refractivity contribution in [1.29, 1.82) is 0 Å². The van der Waals surface area contributed by atoms with Gasteiger partial charge in [0.1, 0.15) is 12.2 Å². The molecule has 112 valence electrons. The molecule has 21 heavy (non-hydrogen) atoms. The molecule has 1 rings (SSSR count). The summed E-state index contributed by atoms with van der Waals surface area (Å²) in [6.07, 6.45) is 1.16. The standard InChI is InChI=1S/C14H15NO6/c1-10(16)12(14(17)21-8-7-20-2)9-11-5-3-4-6-13(11)15(18)19/h3-6,9H,7-8H2,1-2H3. The van der Waals surface area contributed by atoms with Crippen molar-refractivity contribution in [2.24, 2.45) is 0 Å². The summed E-state index contributed by atoms with van der Waals surface area (Å²) in [5.74, 6) is -1.37. The van der Waals surface area contributed by atoms with Crippen molar-refractivity contribution in [2.75, 3.05) is 20.3 Å². The number of Topliss-reactive ketones (excluding diaryl/α,β-unsaturated/α-hetero) is 1. The molecule has 0 heterocycles. The van der Waals surface area contributed by atoms with Crippen LogP contribution in [-0.2, 0) is 19.1 Å². The van der Waals surface area contributed by atoms with Gasteiger partial charge in [-0.25, -0.2) is 4.79 Å². The van der Waals surface area contributed by atoms with Crippen LogP contribution < -0.4 is 0 Å². The molecule has 0 radical (unpaired) electrons. The quantitative estimate of drug-likeness (QED) is 0.144. The Morgan fingerprint density at radius 2 is 1.95 bits per heavy atom. The lowest BCUT2D eigenvalue weighted by Gasteiger charge is -2.06. The molecule has 0 amide bonds. The Labute approximate surface area is 121 Å². The third-order valence-corrected chi connectivity index (χ3v) is 2.55. The van der Waals surface area contributed by atoms with Gasteiger partial charge in [0.15, 0.2) is 5.78 Å². The number of rotatable bonds is 7. The molecule has 0 aliphatic carbocycles. The van der Waals surface area contributed by atoms with Gasteiger partial charge in [0.25, 0.3) is 5.69 Å². The van der Waals surface area contributed by atoms with Crippen LogP contribution in [0.2, 0.25) is 0 Å². The summed E-state index contributed by atoms with van der Waals surface area (Å²) in [4.78, 5) is 33.7. The number of ether oxygens (including phenoxy) is 2.